The molecule has 3 N–H and O–H groups in total. The number of anilines is 1. The van der Waals surface area contributed by atoms with Gasteiger partial charge in [0.1, 0.15) is 11.5 Å². The van der Waals surface area contributed by atoms with Crippen molar-refractivity contribution in [1.29, 1.82) is 5.41 Å². The number of aromatic nitrogens is 2. The number of carbonyl (C=O) groups excluding carboxylic acids is 1. The predicted molar refractivity (Wildman–Crippen MR) is 94.4 cm³/mol. The molecule has 1 amide bonds. The van der Waals surface area contributed by atoms with Crippen LogP contribution in [0.25, 0.3) is 0 Å². The Balaban J connectivity index is 1.72. The van der Waals surface area contributed by atoms with Crippen LogP contribution in [-0.4, -0.2) is 27.3 Å². The molecule has 0 saturated heterocycles. The highest BCUT2D eigenvalue weighted by Gasteiger charge is 2.22. The zero-order chi connectivity index (χ0) is 19.4. The van der Waals surface area contributed by atoms with E-state index < -0.39 is 11.7 Å². The molecule has 27 heavy (non-hydrogen) atoms. The lowest BCUT2D eigenvalue weighted by molar-refractivity contribution is 0.0950. The number of nitrogens with one attached hydrogen (secondary N) is 2. The first-order valence-corrected chi connectivity index (χ1v) is 8.03. The standard InChI is InChI=1S/C17H13ClFN5O3/c18-12-8-11(6-7-13(12)19)24(26)16(20)15-14(22-27-23-15)9-21-17(25)10-4-2-1-3-5-10/h1-8,20,26H,9H2,(H,21,25). The van der Waals surface area contributed by atoms with Crippen molar-refractivity contribution in [2.75, 3.05) is 5.06 Å². The summed E-state index contributed by atoms with van der Waals surface area (Å²) < 4.78 is 17.9. The average Bonchev–Trinajstić information content (AvgIpc) is 3.16. The van der Waals surface area contributed by atoms with Gasteiger partial charge in [-0.2, -0.15) is 0 Å². The summed E-state index contributed by atoms with van der Waals surface area (Å²) in [5, 5.41) is 28.3. The van der Waals surface area contributed by atoms with Crippen LogP contribution in [0, 0.1) is 11.2 Å². The van der Waals surface area contributed by atoms with E-state index in [4.69, 9.17) is 17.0 Å². The van der Waals surface area contributed by atoms with E-state index in [0.717, 1.165) is 12.1 Å². The summed E-state index contributed by atoms with van der Waals surface area (Å²) in [5.41, 5.74) is 0.548. The topological polar surface area (TPSA) is 115 Å². The van der Waals surface area contributed by atoms with E-state index in [0.29, 0.717) is 10.6 Å². The van der Waals surface area contributed by atoms with Crippen molar-refractivity contribution in [3.05, 3.63) is 76.3 Å². The summed E-state index contributed by atoms with van der Waals surface area (Å²) in [5.74, 6) is -1.49. The van der Waals surface area contributed by atoms with E-state index in [-0.39, 0.29) is 34.5 Å². The smallest absolute Gasteiger partial charge is 0.251 e. The molecule has 1 heterocycles. The van der Waals surface area contributed by atoms with Crippen LogP contribution in [0.1, 0.15) is 21.7 Å². The van der Waals surface area contributed by atoms with Crippen molar-refractivity contribution < 1.29 is 19.0 Å². The fourth-order valence-corrected chi connectivity index (χ4v) is 2.38. The Morgan fingerprint density at radius 3 is 2.70 bits per heavy atom. The number of carbonyl (C=O) groups is 1. The predicted octanol–water partition coefficient (Wildman–Crippen LogP) is 3.01. The maximum atomic E-state index is 13.3. The van der Waals surface area contributed by atoms with Gasteiger partial charge < -0.3 is 5.32 Å². The molecular weight excluding hydrogens is 377 g/mol. The second kappa shape index (κ2) is 7.94. The van der Waals surface area contributed by atoms with Crippen molar-refractivity contribution in [2.45, 2.75) is 6.54 Å². The Morgan fingerprint density at radius 2 is 2.00 bits per heavy atom. The molecule has 0 unspecified atom stereocenters. The van der Waals surface area contributed by atoms with Crippen LogP contribution >= 0.6 is 11.6 Å². The Kier molecular flexibility index (Phi) is 5.43. The van der Waals surface area contributed by atoms with Crippen molar-refractivity contribution in [3.63, 3.8) is 0 Å². The van der Waals surface area contributed by atoms with Crippen LogP contribution in [0.15, 0.2) is 53.2 Å². The first-order chi connectivity index (χ1) is 13.0. The number of hydrogen-bond acceptors (Lipinski definition) is 6. The molecule has 0 aliphatic rings. The van der Waals surface area contributed by atoms with Gasteiger partial charge >= 0.3 is 0 Å². The number of amidine groups is 1. The van der Waals surface area contributed by atoms with E-state index >= 15 is 0 Å². The zero-order valence-electron chi connectivity index (χ0n) is 13.7. The average molecular weight is 390 g/mol. The highest BCUT2D eigenvalue weighted by Crippen LogP contribution is 2.23. The number of amides is 1. The van der Waals surface area contributed by atoms with E-state index in [1.165, 1.54) is 6.07 Å². The molecule has 2 aromatic carbocycles. The van der Waals surface area contributed by atoms with E-state index in [2.05, 4.69) is 20.3 Å². The molecule has 0 aliphatic carbocycles. The summed E-state index contributed by atoms with van der Waals surface area (Å²) in [6.07, 6.45) is 0. The summed E-state index contributed by atoms with van der Waals surface area (Å²) in [6, 6.07) is 12.0. The highest BCUT2D eigenvalue weighted by atomic mass is 35.5. The van der Waals surface area contributed by atoms with Crippen LogP contribution in [0.5, 0.6) is 0 Å². The minimum absolute atomic E-state index is 0.0497. The second-order valence-corrected chi connectivity index (χ2v) is 5.77. The molecule has 0 bridgehead atoms. The molecule has 0 atom stereocenters. The van der Waals surface area contributed by atoms with Gasteiger partial charge in [0.2, 0.25) is 0 Å². The van der Waals surface area contributed by atoms with E-state index in [1.807, 2.05) is 0 Å². The maximum Gasteiger partial charge on any atom is 0.251 e. The van der Waals surface area contributed by atoms with E-state index in [1.54, 1.807) is 30.3 Å². The quantitative estimate of drug-likeness (QED) is 0.351. The third kappa shape index (κ3) is 4.10. The molecule has 10 heteroatoms. The minimum Gasteiger partial charge on any atom is -0.346 e. The Bertz CT molecular complexity index is 980. The maximum absolute atomic E-state index is 13.3. The zero-order valence-corrected chi connectivity index (χ0v) is 14.4. The van der Waals surface area contributed by atoms with Crippen LogP contribution in [0.3, 0.4) is 0 Å². The lowest BCUT2D eigenvalue weighted by Gasteiger charge is -2.16. The molecular formula is C17H13ClFN5O3. The summed E-state index contributed by atoms with van der Waals surface area (Å²) >= 11 is 5.68. The van der Waals surface area contributed by atoms with Crippen LogP contribution in [-0.2, 0) is 6.54 Å². The molecule has 0 fully saturated rings. The van der Waals surface area contributed by atoms with Crippen LogP contribution in [0.4, 0.5) is 10.1 Å². The summed E-state index contributed by atoms with van der Waals surface area (Å²) in [7, 11) is 0. The lowest BCUT2D eigenvalue weighted by Crippen LogP contribution is -2.30. The van der Waals surface area contributed by atoms with Gasteiger partial charge in [0.05, 0.1) is 17.3 Å². The largest absolute Gasteiger partial charge is 0.346 e. The van der Waals surface area contributed by atoms with Gasteiger partial charge in [-0.1, -0.05) is 35.0 Å². The van der Waals surface area contributed by atoms with Gasteiger partial charge in [0.25, 0.3) is 5.91 Å². The third-order valence-electron chi connectivity index (χ3n) is 3.59. The first kappa shape index (κ1) is 18.5. The third-order valence-corrected chi connectivity index (χ3v) is 3.88. The van der Waals surface area contributed by atoms with Crippen LogP contribution in [0.2, 0.25) is 5.02 Å². The summed E-state index contributed by atoms with van der Waals surface area (Å²) in [4.78, 5) is 12.1. The number of hydrogen-bond donors (Lipinski definition) is 3. The normalized spacial score (nSPS) is 10.5. The number of nitrogens with zero attached hydrogens (tertiary/aromatic N) is 3. The van der Waals surface area contributed by atoms with Gasteiger partial charge in [-0.25, -0.2) is 14.1 Å². The molecule has 3 aromatic rings. The minimum atomic E-state index is -0.659. The Hall–Kier alpha value is -3.30. The number of rotatable bonds is 5. The summed E-state index contributed by atoms with van der Waals surface area (Å²) in [6.45, 7) is -0.0764. The SMILES string of the molecule is N=C(c1nonc1CNC(=O)c1ccccc1)N(O)c1ccc(F)c(Cl)c1. The lowest BCUT2D eigenvalue weighted by atomic mass is 10.2. The van der Waals surface area contributed by atoms with Crippen molar-refractivity contribution in [2.24, 2.45) is 0 Å². The van der Waals surface area contributed by atoms with Gasteiger partial charge in [-0.15, -0.1) is 0 Å². The molecule has 0 aliphatic heterocycles. The molecule has 0 radical (unpaired) electrons. The number of benzene rings is 2. The Labute approximate surface area is 157 Å². The molecule has 1 aromatic heterocycles. The molecule has 138 valence electrons. The monoisotopic (exact) mass is 389 g/mol. The van der Waals surface area contributed by atoms with Crippen molar-refractivity contribution in [1.82, 2.24) is 15.6 Å². The van der Waals surface area contributed by atoms with Gasteiger partial charge in [0, 0.05) is 5.56 Å². The van der Waals surface area contributed by atoms with Crippen LogP contribution < -0.4 is 10.4 Å². The van der Waals surface area contributed by atoms with Gasteiger partial charge in [-0.05, 0) is 35.5 Å². The first-order valence-electron chi connectivity index (χ1n) is 7.65. The van der Waals surface area contributed by atoms with Crippen molar-refractivity contribution >= 4 is 29.0 Å². The van der Waals surface area contributed by atoms with Gasteiger partial charge in [0.15, 0.2) is 11.5 Å². The Morgan fingerprint density at radius 1 is 1.26 bits per heavy atom. The number of hydroxylamine groups is 1. The fraction of sp³-hybridized carbons (Fsp3) is 0.0588. The van der Waals surface area contributed by atoms with E-state index in [9.17, 15) is 14.4 Å². The molecule has 0 spiro atoms. The number of halogens is 2. The molecule has 0 saturated carbocycles. The van der Waals surface area contributed by atoms with Crippen molar-refractivity contribution in [3.8, 4) is 0 Å². The molecule has 8 nitrogen and oxygen atoms in total. The fourth-order valence-electron chi connectivity index (χ4n) is 2.20. The van der Waals surface area contributed by atoms with Gasteiger partial charge in [-0.3, -0.25) is 15.4 Å². The highest BCUT2D eigenvalue weighted by molar-refractivity contribution is 6.31. The molecule has 3 rings (SSSR count). The second-order valence-electron chi connectivity index (χ2n) is 5.37.